The molecule has 1 amide bonds. The molecule has 1 heterocycles. The van der Waals surface area contributed by atoms with Gasteiger partial charge in [-0.05, 0) is 38.0 Å². The first-order valence-corrected chi connectivity index (χ1v) is 8.16. The van der Waals surface area contributed by atoms with Gasteiger partial charge in [-0.25, -0.2) is 8.42 Å². The van der Waals surface area contributed by atoms with Crippen LogP contribution in [0.25, 0.3) is 0 Å². The van der Waals surface area contributed by atoms with Gasteiger partial charge in [0.25, 0.3) is 0 Å². The van der Waals surface area contributed by atoms with E-state index in [0.717, 1.165) is 12.8 Å². The number of rotatable bonds is 4. The van der Waals surface area contributed by atoms with Gasteiger partial charge in [-0.15, -0.1) is 0 Å². The molecule has 116 valence electrons. The Hall–Kier alpha value is -1.64. The Morgan fingerprint density at radius 3 is 2.57 bits per heavy atom. The van der Waals surface area contributed by atoms with Crippen LogP contribution in [-0.4, -0.2) is 42.9 Å². The zero-order valence-corrected chi connectivity index (χ0v) is 12.6. The third-order valence-electron chi connectivity index (χ3n) is 3.34. The first-order valence-electron chi connectivity index (χ1n) is 6.72. The smallest absolute Gasteiger partial charge is 0.243 e. The predicted molar refractivity (Wildman–Crippen MR) is 78.4 cm³/mol. The fraction of sp³-hybridized carbons (Fsp3) is 0.462. The van der Waals surface area contributed by atoms with Crippen molar-refractivity contribution in [2.45, 2.75) is 30.7 Å². The molecule has 0 aliphatic carbocycles. The highest BCUT2D eigenvalue weighted by Crippen LogP contribution is 2.29. The molecule has 0 unspecified atom stereocenters. The fourth-order valence-corrected chi connectivity index (χ4v) is 3.64. The molecule has 0 radical (unpaired) electrons. The number of nitrogens with one attached hydrogen (secondary N) is 1. The van der Waals surface area contributed by atoms with E-state index in [1.165, 1.54) is 29.4 Å². The van der Waals surface area contributed by atoms with E-state index in [1.54, 1.807) is 0 Å². The summed E-state index contributed by atoms with van der Waals surface area (Å²) in [5.41, 5.74) is 5.48. The van der Waals surface area contributed by atoms with E-state index in [4.69, 9.17) is 5.73 Å². The molecular weight excluding hydrogens is 294 g/mol. The molecule has 1 saturated heterocycles. The van der Waals surface area contributed by atoms with E-state index in [2.05, 4.69) is 5.32 Å². The second kappa shape index (κ2) is 6.00. The SMILES string of the molecule is C[C@H](N)C(=O)Nc1cc(S(=O)(=O)N2CCCC2)ccc1O. The summed E-state index contributed by atoms with van der Waals surface area (Å²) in [6, 6.07) is 3.07. The second-order valence-corrected chi connectivity index (χ2v) is 7.01. The number of hydrogen-bond acceptors (Lipinski definition) is 5. The molecule has 1 aliphatic heterocycles. The molecule has 1 aromatic rings. The zero-order valence-electron chi connectivity index (χ0n) is 11.7. The molecule has 1 aromatic carbocycles. The van der Waals surface area contributed by atoms with Gasteiger partial charge in [0.05, 0.1) is 16.6 Å². The molecular formula is C13H19N3O4S. The number of carbonyl (C=O) groups is 1. The average Bonchev–Trinajstić information content (AvgIpc) is 2.95. The van der Waals surface area contributed by atoms with Gasteiger partial charge in [0.15, 0.2) is 0 Å². The van der Waals surface area contributed by atoms with Crippen molar-refractivity contribution in [1.29, 1.82) is 0 Å². The molecule has 8 heteroatoms. The topological polar surface area (TPSA) is 113 Å². The fourth-order valence-electron chi connectivity index (χ4n) is 2.10. The quantitative estimate of drug-likeness (QED) is 0.699. The zero-order chi connectivity index (χ0) is 15.6. The summed E-state index contributed by atoms with van der Waals surface area (Å²) < 4.78 is 26.2. The van der Waals surface area contributed by atoms with Gasteiger partial charge < -0.3 is 16.2 Å². The molecule has 0 aromatic heterocycles. The van der Waals surface area contributed by atoms with Gasteiger partial charge in [0.1, 0.15) is 5.75 Å². The minimum atomic E-state index is -3.59. The summed E-state index contributed by atoms with van der Waals surface area (Å²) in [6.07, 6.45) is 1.68. The van der Waals surface area contributed by atoms with Crippen molar-refractivity contribution in [2.75, 3.05) is 18.4 Å². The lowest BCUT2D eigenvalue weighted by Gasteiger charge is -2.17. The normalized spacial score (nSPS) is 17.6. The average molecular weight is 313 g/mol. The second-order valence-electron chi connectivity index (χ2n) is 5.07. The van der Waals surface area contributed by atoms with Crippen LogP contribution in [0.2, 0.25) is 0 Å². The molecule has 0 saturated carbocycles. The maximum atomic E-state index is 12.4. The first kappa shape index (κ1) is 15.7. The van der Waals surface area contributed by atoms with Crippen LogP contribution in [0.3, 0.4) is 0 Å². The van der Waals surface area contributed by atoms with Gasteiger partial charge in [-0.1, -0.05) is 0 Å². The van der Waals surface area contributed by atoms with Crippen molar-refractivity contribution in [1.82, 2.24) is 4.31 Å². The number of sulfonamides is 1. The maximum Gasteiger partial charge on any atom is 0.243 e. The predicted octanol–water partition coefficient (Wildman–Crippen LogP) is 0.462. The molecule has 1 aliphatic rings. The number of anilines is 1. The number of hydrogen-bond donors (Lipinski definition) is 3. The number of phenols is 1. The molecule has 1 atom stereocenters. The minimum absolute atomic E-state index is 0.0394. The Kier molecular flexibility index (Phi) is 4.50. The van der Waals surface area contributed by atoms with E-state index in [9.17, 15) is 18.3 Å². The third kappa shape index (κ3) is 3.34. The van der Waals surface area contributed by atoms with Crippen molar-refractivity contribution < 1.29 is 18.3 Å². The standard InChI is InChI=1S/C13H19N3O4S/c1-9(14)13(18)15-11-8-10(4-5-12(11)17)21(19,20)16-6-2-3-7-16/h4-5,8-9,17H,2-3,6-7,14H2,1H3,(H,15,18)/t9-/m0/s1. The number of carbonyl (C=O) groups excluding carboxylic acids is 1. The van der Waals surface area contributed by atoms with Gasteiger partial charge in [0.2, 0.25) is 15.9 Å². The van der Waals surface area contributed by atoms with E-state index in [0.29, 0.717) is 13.1 Å². The highest BCUT2D eigenvalue weighted by Gasteiger charge is 2.28. The Morgan fingerprint density at radius 2 is 2.00 bits per heavy atom. The van der Waals surface area contributed by atoms with Crippen molar-refractivity contribution in [3.63, 3.8) is 0 Å². The summed E-state index contributed by atoms with van der Waals surface area (Å²) in [7, 11) is -3.59. The lowest BCUT2D eigenvalue weighted by atomic mass is 10.2. The lowest BCUT2D eigenvalue weighted by molar-refractivity contribution is -0.117. The Bertz CT molecular complexity index is 637. The van der Waals surface area contributed by atoms with Crippen LogP contribution >= 0.6 is 0 Å². The number of aromatic hydroxyl groups is 1. The summed E-state index contributed by atoms with van der Waals surface area (Å²) >= 11 is 0. The van der Waals surface area contributed by atoms with Crippen LogP contribution in [0.1, 0.15) is 19.8 Å². The molecule has 7 nitrogen and oxygen atoms in total. The Balaban J connectivity index is 2.32. The summed E-state index contributed by atoms with van der Waals surface area (Å²) in [6.45, 7) is 2.48. The van der Waals surface area contributed by atoms with Crippen molar-refractivity contribution >= 4 is 21.6 Å². The number of amides is 1. The van der Waals surface area contributed by atoms with Gasteiger partial charge in [-0.3, -0.25) is 4.79 Å². The van der Waals surface area contributed by atoms with Crippen LogP contribution in [0.15, 0.2) is 23.1 Å². The molecule has 1 fully saturated rings. The van der Waals surface area contributed by atoms with Crippen LogP contribution in [0.4, 0.5) is 5.69 Å². The van der Waals surface area contributed by atoms with E-state index in [-0.39, 0.29) is 16.3 Å². The highest BCUT2D eigenvalue weighted by molar-refractivity contribution is 7.89. The van der Waals surface area contributed by atoms with E-state index >= 15 is 0 Å². The van der Waals surface area contributed by atoms with Crippen molar-refractivity contribution in [2.24, 2.45) is 5.73 Å². The van der Waals surface area contributed by atoms with E-state index < -0.39 is 22.0 Å². The van der Waals surface area contributed by atoms with Crippen molar-refractivity contribution in [3.05, 3.63) is 18.2 Å². The van der Waals surface area contributed by atoms with E-state index in [1.807, 2.05) is 0 Å². The van der Waals surface area contributed by atoms with Gasteiger partial charge in [-0.2, -0.15) is 4.31 Å². The number of nitrogens with zero attached hydrogens (tertiary/aromatic N) is 1. The number of nitrogens with two attached hydrogens (primary N) is 1. The molecule has 2 rings (SSSR count). The van der Waals surface area contributed by atoms with Crippen LogP contribution < -0.4 is 11.1 Å². The lowest BCUT2D eigenvalue weighted by Crippen LogP contribution is -2.32. The molecule has 0 bridgehead atoms. The minimum Gasteiger partial charge on any atom is -0.506 e. The first-order chi connectivity index (χ1) is 9.82. The van der Waals surface area contributed by atoms with Crippen LogP contribution in [0, 0.1) is 0 Å². The van der Waals surface area contributed by atoms with Crippen LogP contribution in [-0.2, 0) is 14.8 Å². The third-order valence-corrected chi connectivity index (χ3v) is 5.24. The number of benzene rings is 1. The Morgan fingerprint density at radius 1 is 1.38 bits per heavy atom. The summed E-state index contributed by atoms with van der Waals surface area (Å²) in [4.78, 5) is 11.6. The van der Waals surface area contributed by atoms with Crippen molar-refractivity contribution in [3.8, 4) is 5.75 Å². The Labute approximate surface area is 123 Å². The molecule has 4 N–H and O–H groups in total. The molecule has 0 spiro atoms. The van der Waals surface area contributed by atoms with Gasteiger partial charge >= 0.3 is 0 Å². The molecule has 21 heavy (non-hydrogen) atoms. The highest BCUT2D eigenvalue weighted by atomic mass is 32.2. The summed E-state index contributed by atoms with van der Waals surface area (Å²) in [5, 5.41) is 12.1. The number of phenolic OH excluding ortho intramolecular Hbond substituents is 1. The monoisotopic (exact) mass is 313 g/mol. The maximum absolute atomic E-state index is 12.4. The largest absolute Gasteiger partial charge is 0.506 e. The summed E-state index contributed by atoms with van der Waals surface area (Å²) in [5.74, 6) is -0.703. The van der Waals surface area contributed by atoms with Crippen LogP contribution in [0.5, 0.6) is 5.75 Å². The van der Waals surface area contributed by atoms with Gasteiger partial charge in [0, 0.05) is 13.1 Å².